The minimum Gasteiger partial charge on any atom is -0.480 e. The Bertz CT molecular complexity index is 893. The molecule has 4 nitrogen and oxygen atoms in total. The van der Waals surface area contributed by atoms with Crippen LogP contribution in [0.1, 0.15) is 18.9 Å². The predicted octanol–water partition coefficient (Wildman–Crippen LogP) is 5.58. The maximum absolute atomic E-state index is 12.8. The van der Waals surface area contributed by atoms with E-state index >= 15 is 0 Å². The Hall–Kier alpha value is -3.27. The highest BCUT2D eigenvalue weighted by Gasteiger charge is 2.20. The highest BCUT2D eigenvalue weighted by atomic mass is 16.5. The number of hydrogen-bond acceptors (Lipinski definition) is 3. The Kier molecular flexibility index (Phi) is 6.10. The molecule has 0 fully saturated rings. The van der Waals surface area contributed by atoms with E-state index in [2.05, 4.69) is 5.32 Å². The van der Waals surface area contributed by atoms with Crippen LogP contribution < -0.4 is 14.8 Å². The number of amides is 1. The van der Waals surface area contributed by atoms with E-state index in [1.54, 1.807) is 0 Å². The van der Waals surface area contributed by atoms with Crippen LogP contribution in [0.2, 0.25) is 0 Å². The normalized spacial score (nSPS) is 11.5. The number of ether oxygens (including phenoxy) is 2. The summed E-state index contributed by atoms with van der Waals surface area (Å²) in [6, 6.07) is 24.5. The van der Waals surface area contributed by atoms with E-state index < -0.39 is 6.10 Å². The molecule has 0 bridgehead atoms. The van der Waals surface area contributed by atoms with Crippen molar-refractivity contribution in [3.05, 3.63) is 84.4 Å². The Morgan fingerprint density at radius 3 is 2.22 bits per heavy atom. The smallest absolute Gasteiger partial charge is 0.265 e. The fraction of sp³-hybridized carbons (Fsp3) is 0.174. The Morgan fingerprint density at radius 1 is 0.889 bits per heavy atom. The van der Waals surface area contributed by atoms with Crippen molar-refractivity contribution in [2.24, 2.45) is 0 Å². The fourth-order valence-electron chi connectivity index (χ4n) is 2.65. The van der Waals surface area contributed by atoms with Crippen molar-refractivity contribution in [3.63, 3.8) is 0 Å². The molecule has 1 amide bonds. The average molecular weight is 361 g/mol. The molecular weight excluding hydrogens is 338 g/mol. The van der Waals surface area contributed by atoms with Crippen LogP contribution in [0.25, 0.3) is 0 Å². The summed E-state index contributed by atoms with van der Waals surface area (Å²) in [6.45, 7) is 3.89. The van der Waals surface area contributed by atoms with Crippen molar-refractivity contribution in [2.75, 3.05) is 5.32 Å². The third kappa shape index (κ3) is 4.88. The summed E-state index contributed by atoms with van der Waals surface area (Å²) < 4.78 is 11.8. The van der Waals surface area contributed by atoms with Gasteiger partial charge in [-0.15, -0.1) is 0 Å². The number of para-hydroxylation sites is 4. The maximum Gasteiger partial charge on any atom is 0.265 e. The third-order valence-corrected chi connectivity index (χ3v) is 4.14. The summed E-state index contributed by atoms with van der Waals surface area (Å²) in [4.78, 5) is 12.8. The Balaban J connectivity index is 1.74. The summed E-state index contributed by atoms with van der Waals surface area (Å²) in [5, 5.41) is 2.93. The van der Waals surface area contributed by atoms with Gasteiger partial charge in [0.2, 0.25) is 0 Å². The van der Waals surface area contributed by atoms with Crippen LogP contribution in [0.3, 0.4) is 0 Å². The van der Waals surface area contributed by atoms with E-state index in [9.17, 15) is 4.79 Å². The van der Waals surface area contributed by atoms with Crippen molar-refractivity contribution in [2.45, 2.75) is 26.4 Å². The van der Waals surface area contributed by atoms with Gasteiger partial charge < -0.3 is 14.8 Å². The molecule has 138 valence electrons. The van der Waals surface area contributed by atoms with Crippen LogP contribution in [0.15, 0.2) is 78.9 Å². The van der Waals surface area contributed by atoms with Crippen molar-refractivity contribution >= 4 is 11.6 Å². The molecule has 0 aliphatic rings. The number of anilines is 1. The molecule has 4 heteroatoms. The minimum atomic E-state index is -0.587. The van der Waals surface area contributed by atoms with E-state index in [4.69, 9.17) is 9.47 Å². The second kappa shape index (κ2) is 8.90. The van der Waals surface area contributed by atoms with Gasteiger partial charge in [-0.3, -0.25) is 4.79 Å². The van der Waals surface area contributed by atoms with Gasteiger partial charge in [0.25, 0.3) is 5.91 Å². The fourth-order valence-corrected chi connectivity index (χ4v) is 2.65. The molecule has 3 aromatic rings. The SMILES string of the molecule is CC[C@@H](Oc1ccccc1C)C(=O)Nc1ccccc1Oc1ccccc1. The topological polar surface area (TPSA) is 47.6 Å². The highest BCUT2D eigenvalue weighted by molar-refractivity contribution is 5.95. The van der Waals surface area contributed by atoms with Gasteiger partial charge in [-0.2, -0.15) is 0 Å². The molecule has 27 heavy (non-hydrogen) atoms. The third-order valence-electron chi connectivity index (χ3n) is 4.14. The van der Waals surface area contributed by atoms with Gasteiger partial charge in [-0.1, -0.05) is 55.5 Å². The lowest BCUT2D eigenvalue weighted by atomic mass is 10.2. The van der Waals surface area contributed by atoms with Gasteiger partial charge in [0.1, 0.15) is 11.5 Å². The molecule has 0 radical (unpaired) electrons. The van der Waals surface area contributed by atoms with Crippen LogP contribution in [0, 0.1) is 6.92 Å². The van der Waals surface area contributed by atoms with Crippen LogP contribution >= 0.6 is 0 Å². The largest absolute Gasteiger partial charge is 0.480 e. The second-order valence-electron chi connectivity index (χ2n) is 6.18. The highest BCUT2D eigenvalue weighted by Crippen LogP contribution is 2.29. The number of carbonyl (C=O) groups excluding carboxylic acids is 1. The zero-order valence-electron chi connectivity index (χ0n) is 15.5. The molecule has 0 heterocycles. The Labute approximate surface area is 159 Å². The monoisotopic (exact) mass is 361 g/mol. The molecule has 3 rings (SSSR count). The lowest BCUT2D eigenvalue weighted by Crippen LogP contribution is -2.32. The van der Waals surface area contributed by atoms with Crippen molar-refractivity contribution in [3.8, 4) is 17.2 Å². The quantitative estimate of drug-likeness (QED) is 0.597. The second-order valence-corrected chi connectivity index (χ2v) is 6.18. The predicted molar refractivity (Wildman–Crippen MR) is 107 cm³/mol. The first kappa shape index (κ1) is 18.5. The van der Waals surface area contributed by atoms with E-state index in [-0.39, 0.29) is 5.91 Å². The standard InChI is InChI=1S/C23H23NO3/c1-3-20(27-21-15-9-7-11-17(21)2)23(25)24-19-14-8-10-16-22(19)26-18-12-5-4-6-13-18/h4-16,20H,3H2,1-2H3,(H,24,25)/t20-/m1/s1. The van der Waals surface area contributed by atoms with Gasteiger partial charge in [-0.25, -0.2) is 0 Å². The number of carbonyl (C=O) groups is 1. The lowest BCUT2D eigenvalue weighted by molar-refractivity contribution is -0.122. The van der Waals surface area contributed by atoms with Gasteiger partial charge in [0, 0.05) is 0 Å². The summed E-state index contributed by atoms with van der Waals surface area (Å²) in [6.07, 6.45) is -0.0297. The van der Waals surface area contributed by atoms with Crippen molar-refractivity contribution in [1.82, 2.24) is 0 Å². The molecule has 1 atom stereocenters. The van der Waals surface area contributed by atoms with E-state index in [1.165, 1.54) is 0 Å². The first-order valence-corrected chi connectivity index (χ1v) is 9.02. The van der Waals surface area contributed by atoms with E-state index in [1.807, 2.05) is 92.7 Å². The number of nitrogens with one attached hydrogen (secondary N) is 1. The summed E-state index contributed by atoms with van der Waals surface area (Å²) in [7, 11) is 0. The molecule has 1 N–H and O–H groups in total. The molecule has 0 aromatic heterocycles. The first-order chi connectivity index (χ1) is 13.2. The summed E-state index contributed by atoms with van der Waals surface area (Å²) >= 11 is 0. The van der Waals surface area contributed by atoms with Gasteiger partial charge in [0.05, 0.1) is 5.69 Å². The number of rotatable bonds is 7. The summed E-state index contributed by atoms with van der Waals surface area (Å²) in [5.74, 6) is 1.81. The zero-order chi connectivity index (χ0) is 19.1. The summed E-state index contributed by atoms with van der Waals surface area (Å²) in [5.41, 5.74) is 1.61. The van der Waals surface area contributed by atoms with Gasteiger partial charge >= 0.3 is 0 Å². The molecule has 0 saturated carbocycles. The van der Waals surface area contributed by atoms with Gasteiger partial charge in [0.15, 0.2) is 11.9 Å². The van der Waals surface area contributed by atoms with E-state index in [0.717, 1.165) is 5.56 Å². The molecule has 3 aromatic carbocycles. The minimum absolute atomic E-state index is 0.204. The molecule has 0 saturated heterocycles. The van der Waals surface area contributed by atoms with Crippen LogP contribution in [-0.4, -0.2) is 12.0 Å². The zero-order valence-corrected chi connectivity index (χ0v) is 15.5. The first-order valence-electron chi connectivity index (χ1n) is 9.02. The number of hydrogen-bond donors (Lipinski definition) is 1. The maximum atomic E-state index is 12.8. The van der Waals surface area contributed by atoms with Crippen LogP contribution in [-0.2, 0) is 4.79 Å². The Morgan fingerprint density at radius 2 is 1.52 bits per heavy atom. The number of benzene rings is 3. The van der Waals surface area contributed by atoms with Crippen LogP contribution in [0.4, 0.5) is 5.69 Å². The van der Waals surface area contributed by atoms with Crippen LogP contribution in [0.5, 0.6) is 17.2 Å². The molecule has 0 unspecified atom stereocenters. The molecule has 0 spiro atoms. The average Bonchev–Trinajstić information content (AvgIpc) is 2.69. The van der Waals surface area contributed by atoms with E-state index in [0.29, 0.717) is 29.4 Å². The number of aryl methyl sites for hydroxylation is 1. The lowest BCUT2D eigenvalue weighted by Gasteiger charge is -2.19. The molecule has 0 aliphatic carbocycles. The van der Waals surface area contributed by atoms with Crippen molar-refractivity contribution < 1.29 is 14.3 Å². The van der Waals surface area contributed by atoms with Crippen molar-refractivity contribution in [1.29, 1.82) is 0 Å². The molecule has 0 aliphatic heterocycles. The molecular formula is C23H23NO3. The van der Waals surface area contributed by atoms with Gasteiger partial charge in [-0.05, 0) is 49.2 Å².